The molecular weight excluding hydrogens is 378 g/mol. The summed E-state index contributed by atoms with van der Waals surface area (Å²) in [6.07, 6.45) is 0.0973. The highest BCUT2D eigenvalue weighted by atomic mass is 32.1. The Hall–Kier alpha value is -2.89. The standard InChI is InChI=1S/C20H19N3O4S/c1-10-16-14(15(9-21)19(28)22-10)8-20(3,25)18(11(2)24)17(16)12-5-4-6-13(7-12)23(26)27/h4-7,17-18,25H,8H2,1-3H3,(H,22,28). The van der Waals surface area contributed by atoms with Crippen molar-refractivity contribution in [2.75, 3.05) is 0 Å². The monoisotopic (exact) mass is 397 g/mol. The van der Waals surface area contributed by atoms with Gasteiger partial charge in [0.25, 0.3) is 5.69 Å². The second-order valence-electron chi connectivity index (χ2n) is 7.41. The fourth-order valence-electron chi connectivity index (χ4n) is 4.38. The summed E-state index contributed by atoms with van der Waals surface area (Å²) in [6.45, 7) is 4.75. The molecule has 1 aliphatic rings. The van der Waals surface area contributed by atoms with Gasteiger partial charge in [0.1, 0.15) is 16.5 Å². The van der Waals surface area contributed by atoms with Gasteiger partial charge in [-0.1, -0.05) is 24.4 Å². The Balaban J connectivity index is 2.41. The lowest BCUT2D eigenvalue weighted by Gasteiger charge is -2.43. The zero-order chi connectivity index (χ0) is 20.8. The van der Waals surface area contributed by atoms with Crippen molar-refractivity contribution in [1.82, 2.24) is 4.98 Å². The molecule has 2 N–H and O–H groups in total. The molecule has 1 aliphatic carbocycles. The van der Waals surface area contributed by atoms with Gasteiger partial charge in [0.05, 0.1) is 22.0 Å². The molecule has 0 fully saturated rings. The number of rotatable bonds is 3. The van der Waals surface area contributed by atoms with E-state index in [0.29, 0.717) is 22.4 Å². The number of H-pyrrole nitrogens is 1. The quantitative estimate of drug-likeness (QED) is 0.465. The Kier molecular flexibility index (Phi) is 4.91. The zero-order valence-corrected chi connectivity index (χ0v) is 16.5. The van der Waals surface area contributed by atoms with Crippen molar-refractivity contribution >= 4 is 23.7 Å². The number of aliphatic hydroxyl groups is 1. The van der Waals surface area contributed by atoms with E-state index in [0.717, 1.165) is 0 Å². The van der Waals surface area contributed by atoms with Gasteiger partial charge in [-0.05, 0) is 37.5 Å². The summed E-state index contributed by atoms with van der Waals surface area (Å²) in [5, 5.41) is 32.0. The van der Waals surface area contributed by atoms with E-state index in [1.165, 1.54) is 19.1 Å². The number of carbonyl (C=O) groups excluding carboxylic acids is 1. The van der Waals surface area contributed by atoms with Crippen LogP contribution in [-0.4, -0.2) is 26.4 Å². The maximum Gasteiger partial charge on any atom is 0.269 e. The number of nitriles is 1. The van der Waals surface area contributed by atoms with Gasteiger partial charge in [0.15, 0.2) is 0 Å². The van der Waals surface area contributed by atoms with Crippen LogP contribution in [0.15, 0.2) is 24.3 Å². The molecule has 1 aromatic carbocycles. The molecule has 7 nitrogen and oxygen atoms in total. The van der Waals surface area contributed by atoms with E-state index < -0.39 is 22.4 Å². The van der Waals surface area contributed by atoms with Gasteiger partial charge in [-0.25, -0.2) is 0 Å². The highest BCUT2D eigenvalue weighted by Crippen LogP contribution is 2.48. The summed E-state index contributed by atoms with van der Waals surface area (Å²) in [6, 6.07) is 8.14. The molecule has 3 atom stereocenters. The molecule has 2 aromatic rings. The predicted octanol–water partition coefficient (Wildman–Crippen LogP) is 3.48. The topological polar surface area (TPSA) is 120 Å². The number of non-ortho nitro benzene ring substituents is 1. The molecule has 1 heterocycles. The van der Waals surface area contributed by atoms with Crippen molar-refractivity contribution in [3.63, 3.8) is 0 Å². The molecule has 0 amide bonds. The first-order valence-electron chi connectivity index (χ1n) is 8.71. The van der Waals surface area contributed by atoms with Crippen molar-refractivity contribution in [1.29, 1.82) is 5.26 Å². The number of Topliss-reactive ketones (excluding diaryl/α,β-unsaturated/α-hetero) is 1. The molecule has 3 unspecified atom stereocenters. The van der Waals surface area contributed by atoms with Crippen molar-refractivity contribution in [2.24, 2.45) is 5.92 Å². The highest BCUT2D eigenvalue weighted by Gasteiger charge is 2.48. The summed E-state index contributed by atoms with van der Waals surface area (Å²) >= 11 is 5.27. The van der Waals surface area contributed by atoms with E-state index in [4.69, 9.17) is 12.2 Å². The number of carbonyl (C=O) groups is 1. The van der Waals surface area contributed by atoms with E-state index in [1.54, 1.807) is 26.0 Å². The van der Waals surface area contributed by atoms with Crippen molar-refractivity contribution in [2.45, 2.75) is 38.7 Å². The van der Waals surface area contributed by atoms with Crippen LogP contribution < -0.4 is 0 Å². The van der Waals surface area contributed by atoms with Gasteiger partial charge < -0.3 is 10.1 Å². The Morgan fingerprint density at radius 3 is 2.75 bits per heavy atom. The minimum absolute atomic E-state index is 0.0973. The zero-order valence-electron chi connectivity index (χ0n) is 15.6. The van der Waals surface area contributed by atoms with Gasteiger partial charge >= 0.3 is 0 Å². The number of nitro groups is 1. The third-order valence-corrected chi connectivity index (χ3v) is 5.70. The smallest absolute Gasteiger partial charge is 0.269 e. The number of hydrogen-bond acceptors (Lipinski definition) is 6. The van der Waals surface area contributed by atoms with Crippen LogP contribution in [0, 0.1) is 38.9 Å². The average molecular weight is 397 g/mol. The number of fused-ring (bicyclic) bond motifs is 1. The normalized spacial score (nSPS) is 23.5. The Morgan fingerprint density at radius 2 is 2.18 bits per heavy atom. The number of ketones is 1. The molecule has 3 rings (SSSR count). The average Bonchev–Trinajstić information content (AvgIpc) is 2.59. The molecule has 1 aromatic heterocycles. The summed E-state index contributed by atoms with van der Waals surface area (Å²) in [4.78, 5) is 26.3. The predicted molar refractivity (Wildman–Crippen MR) is 105 cm³/mol. The van der Waals surface area contributed by atoms with Gasteiger partial charge in [-0.3, -0.25) is 14.9 Å². The number of nitro benzene ring substituents is 1. The molecule has 144 valence electrons. The molecule has 0 aliphatic heterocycles. The van der Waals surface area contributed by atoms with E-state index in [1.807, 2.05) is 0 Å². The van der Waals surface area contributed by atoms with E-state index in [2.05, 4.69) is 11.1 Å². The number of hydrogen-bond donors (Lipinski definition) is 2. The summed E-state index contributed by atoms with van der Waals surface area (Å²) in [5.41, 5.74) is 1.21. The lowest BCUT2D eigenvalue weighted by atomic mass is 9.62. The molecule has 0 spiro atoms. The number of aromatic nitrogens is 1. The molecule has 0 saturated heterocycles. The number of benzene rings is 1. The van der Waals surface area contributed by atoms with Crippen molar-refractivity contribution < 1.29 is 14.8 Å². The number of aryl methyl sites for hydroxylation is 1. The van der Waals surface area contributed by atoms with Crippen LogP contribution in [0.5, 0.6) is 0 Å². The van der Waals surface area contributed by atoms with Crippen molar-refractivity contribution in [3.8, 4) is 6.07 Å². The summed E-state index contributed by atoms with van der Waals surface area (Å²) in [5.74, 6) is -1.70. The number of nitrogens with one attached hydrogen (secondary N) is 1. The van der Waals surface area contributed by atoms with Crippen molar-refractivity contribution in [3.05, 3.63) is 67.0 Å². The maximum atomic E-state index is 12.6. The summed E-state index contributed by atoms with van der Waals surface area (Å²) in [7, 11) is 0. The van der Waals surface area contributed by atoms with Crippen LogP contribution in [-0.2, 0) is 11.2 Å². The minimum atomic E-state index is -1.44. The summed E-state index contributed by atoms with van der Waals surface area (Å²) < 4.78 is 0.272. The van der Waals surface area contributed by atoms with Gasteiger partial charge in [-0.2, -0.15) is 5.26 Å². The lowest BCUT2D eigenvalue weighted by Crippen LogP contribution is -2.48. The molecule has 0 radical (unpaired) electrons. The van der Waals surface area contributed by atoms with E-state index in [-0.39, 0.29) is 28.1 Å². The van der Waals surface area contributed by atoms with Crippen LogP contribution in [0.1, 0.15) is 47.7 Å². The SMILES string of the molecule is CC(=O)C1C(c2cccc([N+](=O)[O-])c2)c2c(C)[nH]c(=S)c(C#N)c2CC1(C)O. The molecule has 0 saturated carbocycles. The molecule has 0 bridgehead atoms. The second kappa shape index (κ2) is 6.93. The first-order chi connectivity index (χ1) is 13.1. The highest BCUT2D eigenvalue weighted by molar-refractivity contribution is 7.71. The van der Waals surface area contributed by atoms with Crippen LogP contribution in [0.2, 0.25) is 0 Å². The van der Waals surface area contributed by atoms with E-state index in [9.17, 15) is 25.3 Å². The number of nitrogens with zero attached hydrogens (tertiary/aromatic N) is 2. The lowest BCUT2D eigenvalue weighted by molar-refractivity contribution is -0.384. The molecular formula is C20H19N3O4S. The van der Waals surface area contributed by atoms with Crippen LogP contribution in [0.3, 0.4) is 0 Å². The molecule has 28 heavy (non-hydrogen) atoms. The first kappa shape index (κ1) is 19.9. The number of pyridine rings is 1. The van der Waals surface area contributed by atoms with Gasteiger partial charge in [0, 0.05) is 30.2 Å². The van der Waals surface area contributed by atoms with Crippen LogP contribution >= 0.6 is 12.2 Å². The number of aromatic amines is 1. The molecule has 8 heteroatoms. The Labute approximate surface area is 166 Å². The fraction of sp³-hybridized carbons (Fsp3) is 0.350. The third kappa shape index (κ3) is 3.13. The van der Waals surface area contributed by atoms with Crippen LogP contribution in [0.25, 0.3) is 0 Å². The largest absolute Gasteiger partial charge is 0.389 e. The third-order valence-electron chi connectivity index (χ3n) is 5.40. The fourth-order valence-corrected chi connectivity index (χ4v) is 4.70. The first-order valence-corrected chi connectivity index (χ1v) is 9.12. The van der Waals surface area contributed by atoms with E-state index >= 15 is 0 Å². The van der Waals surface area contributed by atoms with Gasteiger partial charge in [-0.15, -0.1) is 0 Å². The Bertz CT molecular complexity index is 1100. The minimum Gasteiger partial charge on any atom is -0.389 e. The Morgan fingerprint density at radius 1 is 1.50 bits per heavy atom. The van der Waals surface area contributed by atoms with Gasteiger partial charge in [0.2, 0.25) is 0 Å². The maximum absolute atomic E-state index is 12.6. The second-order valence-corrected chi connectivity index (χ2v) is 7.82. The van der Waals surface area contributed by atoms with Crippen LogP contribution in [0.4, 0.5) is 5.69 Å².